The van der Waals surface area contributed by atoms with Crippen LogP contribution in [0.1, 0.15) is 284 Å². The molecule has 410 valence electrons. The molecule has 11 heteroatoms. The first-order valence-corrected chi connectivity index (χ1v) is 29.6. The molecule has 1 aliphatic heterocycles. The van der Waals surface area contributed by atoms with Crippen molar-refractivity contribution in [2.75, 3.05) is 13.2 Å². The van der Waals surface area contributed by atoms with Crippen LogP contribution in [-0.4, -0.2) is 110 Å². The number of carbonyl (C=O) groups excluding carboxylic acids is 1. The van der Waals surface area contributed by atoms with Crippen molar-refractivity contribution in [3.8, 4) is 0 Å². The van der Waals surface area contributed by atoms with Crippen molar-refractivity contribution in [3.05, 3.63) is 12.2 Å². The average molecular weight is 985 g/mol. The smallest absolute Gasteiger partial charge is 0.249 e. The van der Waals surface area contributed by atoms with Gasteiger partial charge >= 0.3 is 0 Å². The van der Waals surface area contributed by atoms with Gasteiger partial charge in [0, 0.05) is 0 Å². The van der Waals surface area contributed by atoms with E-state index in [0.717, 1.165) is 38.5 Å². The molecule has 0 aliphatic carbocycles. The fraction of sp³-hybridized carbons (Fsp3) is 0.948. The third-order valence-electron chi connectivity index (χ3n) is 14.6. The summed E-state index contributed by atoms with van der Waals surface area (Å²) in [5.74, 6) is -0.693. The first kappa shape index (κ1) is 65.9. The minimum Gasteiger partial charge on any atom is -0.394 e. The molecule has 0 bridgehead atoms. The molecule has 8 N–H and O–H groups in total. The third-order valence-corrected chi connectivity index (χ3v) is 14.6. The second kappa shape index (κ2) is 47.8. The first-order valence-electron chi connectivity index (χ1n) is 29.6. The topological polar surface area (TPSA) is 189 Å². The summed E-state index contributed by atoms with van der Waals surface area (Å²) in [4.78, 5) is 13.2. The SMILES string of the molecule is CCCCCCCCCCCCCC/C=C\CCCCCCCCCCCCC(O)C(=O)NC(COC1OC(CO)C(O)C(O)C1O)C(O)C(O)CCCCCCCCCCCCCCCCCC. The lowest BCUT2D eigenvalue weighted by molar-refractivity contribution is -0.303. The van der Waals surface area contributed by atoms with Crippen molar-refractivity contribution in [1.29, 1.82) is 0 Å². The lowest BCUT2D eigenvalue weighted by Crippen LogP contribution is -2.60. The van der Waals surface area contributed by atoms with Crippen LogP contribution in [0.2, 0.25) is 0 Å². The van der Waals surface area contributed by atoms with Crippen LogP contribution in [0.25, 0.3) is 0 Å². The summed E-state index contributed by atoms with van der Waals surface area (Å²) >= 11 is 0. The molecule has 1 heterocycles. The van der Waals surface area contributed by atoms with Crippen molar-refractivity contribution >= 4 is 5.91 Å². The van der Waals surface area contributed by atoms with E-state index in [1.807, 2.05) is 0 Å². The number of aliphatic hydroxyl groups excluding tert-OH is 7. The molecule has 0 aromatic carbocycles. The van der Waals surface area contributed by atoms with Crippen LogP contribution in [0.15, 0.2) is 12.2 Å². The largest absolute Gasteiger partial charge is 0.394 e. The molecular weight excluding hydrogens is 871 g/mol. The third kappa shape index (κ3) is 36.4. The van der Waals surface area contributed by atoms with Gasteiger partial charge < -0.3 is 50.5 Å². The van der Waals surface area contributed by atoms with Gasteiger partial charge in [-0.25, -0.2) is 0 Å². The predicted molar refractivity (Wildman–Crippen MR) is 284 cm³/mol. The Labute approximate surface area is 423 Å². The quantitative estimate of drug-likeness (QED) is 0.0215. The van der Waals surface area contributed by atoms with Gasteiger partial charge in [-0.3, -0.25) is 4.79 Å². The second-order valence-corrected chi connectivity index (χ2v) is 21.1. The highest BCUT2D eigenvalue weighted by atomic mass is 16.7. The molecular formula is C58H113NO10. The Hall–Kier alpha value is -1.15. The Kier molecular flexibility index (Phi) is 45.7. The van der Waals surface area contributed by atoms with E-state index in [4.69, 9.17) is 9.47 Å². The van der Waals surface area contributed by atoms with Gasteiger partial charge in [-0.15, -0.1) is 0 Å². The zero-order valence-electron chi connectivity index (χ0n) is 44.8. The number of amides is 1. The highest BCUT2D eigenvalue weighted by Gasteiger charge is 2.44. The van der Waals surface area contributed by atoms with Gasteiger partial charge in [0.25, 0.3) is 0 Å². The normalized spacial score (nSPS) is 20.4. The lowest BCUT2D eigenvalue weighted by atomic mass is 9.98. The number of aliphatic hydroxyl groups is 7. The number of nitrogens with one attached hydrogen (secondary N) is 1. The maximum atomic E-state index is 13.2. The van der Waals surface area contributed by atoms with E-state index < -0.39 is 74.2 Å². The minimum atomic E-state index is -1.66. The van der Waals surface area contributed by atoms with Gasteiger partial charge in [-0.1, -0.05) is 257 Å². The van der Waals surface area contributed by atoms with Gasteiger partial charge in [0.1, 0.15) is 36.6 Å². The van der Waals surface area contributed by atoms with Crippen molar-refractivity contribution in [1.82, 2.24) is 5.32 Å². The maximum absolute atomic E-state index is 13.2. The maximum Gasteiger partial charge on any atom is 0.249 e. The summed E-state index contributed by atoms with van der Waals surface area (Å²) in [5, 5.41) is 76.1. The summed E-state index contributed by atoms with van der Waals surface area (Å²) in [6.07, 6.45) is 44.1. The van der Waals surface area contributed by atoms with Crippen molar-refractivity contribution in [2.45, 2.75) is 339 Å². The van der Waals surface area contributed by atoms with Crippen LogP contribution >= 0.6 is 0 Å². The van der Waals surface area contributed by atoms with E-state index in [1.165, 1.54) is 205 Å². The van der Waals surface area contributed by atoms with Gasteiger partial charge in [-0.05, 0) is 38.5 Å². The van der Waals surface area contributed by atoms with Crippen LogP contribution in [0.5, 0.6) is 0 Å². The van der Waals surface area contributed by atoms with Crippen LogP contribution in [0, 0.1) is 0 Å². The molecule has 0 saturated carbocycles. The molecule has 0 spiro atoms. The standard InChI is InChI=1S/C58H113NO10/c1-3-5-7-9-11-13-15-17-19-21-22-23-24-25-26-27-28-29-30-32-34-36-38-40-42-44-46-51(62)57(67)59-49(48-68-58-56(66)55(65)54(64)52(47-60)69-58)53(63)50(61)45-43-41-39-37-35-33-31-20-18-16-14-12-10-8-6-4-2/h25-26,49-56,58,60-66H,3-24,27-48H2,1-2H3,(H,59,67)/b26-25-. The molecule has 0 aromatic heterocycles. The lowest BCUT2D eigenvalue weighted by Gasteiger charge is -2.40. The Bertz CT molecular complexity index is 1130. The number of hydrogen-bond donors (Lipinski definition) is 8. The van der Waals surface area contributed by atoms with Crippen LogP contribution < -0.4 is 5.32 Å². The first-order chi connectivity index (χ1) is 33.7. The van der Waals surface area contributed by atoms with Gasteiger partial charge in [-0.2, -0.15) is 0 Å². The minimum absolute atomic E-state index is 0.262. The Balaban J connectivity index is 2.27. The van der Waals surface area contributed by atoms with Crippen molar-refractivity contribution < 1.29 is 50.0 Å². The van der Waals surface area contributed by atoms with E-state index in [-0.39, 0.29) is 6.42 Å². The Morgan fingerprint density at radius 2 is 0.841 bits per heavy atom. The van der Waals surface area contributed by atoms with Crippen molar-refractivity contribution in [2.24, 2.45) is 0 Å². The molecule has 9 atom stereocenters. The number of carbonyl (C=O) groups is 1. The number of allylic oxidation sites excluding steroid dienone is 2. The van der Waals surface area contributed by atoms with E-state index in [2.05, 4.69) is 31.3 Å². The van der Waals surface area contributed by atoms with Gasteiger partial charge in [0.2, 0.25) is 5.91 Å². The van der Waals surface area contributed by atoms with Crippen molar-refractivity contribution in [3.63, 3.8) is 0 Å². The second-order valence-electron chi connectivity index (χ2n) is 21.1. The monoisotopic (exact) mass is 984 g/mol. The fourth-order valence-corrected chi connectivity index (χ4v) is 9.73. The van der Waals surface area contributed by atoms with Crippen LogP contribution in [0.4, 0.5) is 0 Å². The molecule has 11 nitrogen and oxygen atoms in total. The number of hydrogen-bond acceptors (Lipinski definition) is 10. The predicted octanol–water partition coefficient (Wildman–Crippen LogP) is 12.4. The van der Waals surface area contributed by atoms with Gasteiger partial charge in [0.15, 0.2) is 6.29 Å². The number of ether oxygens (including phenoxy) is 2. The number of unbranched alkanes of at least 4 members (excludes halogenated alkanes) is 37. The highest BCUT2D eigenvalue weighted by molar-refractivity contribution is 5.80. The summed E-state index contributed by atoms with van der Waals surface area (Å²) in [6, 6.07) is -1.17. The summed E-state index contributed by atoms with van der Waals surface area (Å²) in [7, 11) is 0. The fourth-order valence-electron chi connectivity index (χ4n) is 9.73. The van der Waals surface area contributed by atoms with E-state index in [9.17, 15) is 40.5 Å². The summed E-state index contributed by atoms with van der Waals surface area (Å²) in [5.41, 5.74) is 0. The molecule has 69 heavy (non-hydrogen) atoms. The Morgan fingerprint density at radius 3 is 1.22 bits per heavy atom. The summed E-state index contributed by atoms with van der Waals surface area (Å²) in [6.45, 7) is 3.49. The molecule has 0 aromatic rings. The van der Waals surface area contributed by atoms with E-state index >= 15 is 0 Å². The molecule has 0 radical (unpaired) electrons. The van der Waals surface area contributed by atoms with Crippen LogP contribution in [0.3, 0.4) is 0 Å². The number of rotatable bonds is 51. The zero-order valence-corrected chi connectivity index (χ0v) is 44.8. The average Bonchev–Trinajstić information content (AvgIpc) is 3.35. The van der Waals surface area contributed by atoms with E-state index in [0.29, 0.717) is 19.3 Å². The molecule has 9 unspecified atom stereocenters. The zero-order chi connectivity index (χ0) is 50.4. The van der Waals surface area contributed by atoms with Gasteiger partial charge in [0.05, 0.1) is 25.4 Å². The molecule has 1 rings (SSSR count). The Morgan fingerprint density at radius 1 is 0.493 bits per heavy atom. The molecule has 1 saturated heterocycles. The highest BCUT2D eigenvalue weighted by Crippen LogP contribution is 2.24. The van der Waals surface area contributed by atoms with Crippen LogP contribution in [-0.2, 0) is 14.3 Å². The molecule has 1 aliphatic rings. The molecule has 1 amide bonds. The molecule has 1 fully saturated rings. The summed E-state index contributed by atoms with van der Waals surface area (Å²) < 4.78 is 11.1. The van der Waals surface area contributed by atoms with E-state index in [1.54, 1.807) is 0 Å².